The lowest BCUT2D eigenvalue weighted by atomic mass is 9.85. The first kappa shape index (κ1) is 18.4. The molecule has 0 aliphatic heterocycles. The summed E-state index contributed by atoms with van der Waals surface area (Å²) in [7, 11) is 0. The Morgan fingerprint density at radius 1 is 0.880 bits per heavy atom. The zero-order chi connectivity index (χ0) is 18.3. The van der Waals surface area contributed by atoms with E-state index in [0.29, 0.717) is 0 Å². The van der Waals surface area contributed by atoms with Gasteiger partial charge in [0.2, 0.25) is 5.91 Å². The van der Waals surface area contributed by atoms with E-state index in [9.17, 15) is 14.4 Å². The van der Waals surface area contributed by atoms with E-state index < -0.39 is 29.8 Å². The fourth-order valence-corrected chi connectivity index (χ4v) is 2.30. The number of esters is 1. The molecule has 0 unspecified atom stereocenters. The van der Waals surface area contributed by atoms with Crippen molar-refractivity contribution in [3.8, 4) is 0 Å². The van der Waals surface area contributed by atoms with Crippen LogP contribution < -0.4 is 5.32 Å². The second-order valence-electron chi connectivity index (χ2n) is 6.20. The van der Waals surface area contributed by atoms with Gasteiger partial charge in [-0.05, 0) is 25.0 Å². The molecule has 0 aromatic heterocycles. The number of amides is 2. The normalized spacial score (nSPS) is 10.8. The van der Waals surface area contributed by atoms with Gasteiger partial charge < -0.3 is 4.74 Å². The average molecular weight is 339 g/mol. The van der Waals surface area contributed by atoms with Crippen molar-refractivity contribution >= 4 is 17.8 Å². The molecule has 0 heterocycles. The minimum Gasteiger partial charge on any atom is -0.455 e. The molecule has 2 aromatic carbocycles. The molecule has 0 fully saturated rings. The van der Waals surface area contributed by atoms with Crippen LogP contribution in [0.5, 0.6) is 0 Å². The van der Waals surface area contributed by atoms with E-state index >= 15 is 0 Å². The number of carbonyl (C=O) groups is 3. The standard InChI is InChI=1S/C20H21NO4/c1-20(2,16-11-7-4-8-12-16)19(24)25-14-18(23)21-17(22)13-15-9-5-3-6-10-15/h3-12H,13-14H2,1-2H3,(H,21,22,23). The maximum absolute atomic E-state index is 12.3. The van der Waals surface area contributed by atoms with Crippen molar-refractivity contribution in [2.75, 3.05) is 6.61 Å². The Balaban J connectivity index is 1.83. The quantitative estimate of drug-likeness (QED) is 0.820. The molecule has 0 saturated heterocycles. The number of carbonyl (C=O) groups excluding carboxylic acids is 3. The Kier molecular flexibility index (Phi) is 6.06. The van der Waals surface area contributed by atoms with E-state index in [2.05, 4.69) is 5.32 Å². The highest BCUT2D eigenvalue weighted by atomic mass is 16.5. The first-order valence-electron chi connectivity index (χ1n) is 7.99. The van der Waals surface area contributed by atoms with Crippen LogP contribution in [-0.4, -0.2) is 24.4 Å². The van der Waals surface area contributed by atoms with Gasteiger partial charge in [-0.1, -0.05) is 60.7 Å². The maximum atomic E-state index is 12.3. The van der Waals surface area contributed by atoms with Gasteiger partial charge in [0.1, 0.15) is 0 Å². The fourth-order valence-electron chi connectivity index (χ4n) is 2.30. The lowest BCUT2D eigenvalue weighted by Gasteiger charge is -2.22. The highest BCUT2D eigenvalue weighted by molar-refractivity contribution is 5.97. The zero-order valence-corrected chi connectivity index (χ0v) is 14.3. The van der Waals surface area contributed by atoms with E-state index in [1.54, 1.807) is 26.0 Å². The van der Waals surface area contributed by atoms with Crippen LogP contribution in [0.1, 0.15) is 25.0 Å². The number of hydrogen-bond donors (Lipinski definition) is 1. The summed E-state index contributed by atoms with van der Waals surface area (Å²) in [6, 6.07) is 18.2. The predicted octanol–water partition coefficient (Wildman–Crippen LogP) is 2.39. The van der Waals surface area contributed by atoms with Crippen LogP contribution in [0.3, 0.4) is 0 Å². The monoisotopic (exact) mass is 339 g/mol. The number of ether oxygens (including phenoxy) is 1. The summed E-state index contributed by atoms with van der Waals surface area (Å²) in [6.07, 6.45) is 0.0933. The molecular formula is C20H21NO4. The summed E-state index contributed by atoms with van der Waals surface area (Å²) < 4.78 is 5.07. The van der Waals surface area contributed by atoms with E-state index in [-0.39, 0.29) is 6.42 Å². The number of rotatable bonds is 6. The van der Waals surface area contributed by atoms with Gasteiger partial charge >= 0.3 is 5.97 Å². The molecule has 5 nitrogen and oxygen atoms in total. The molecule has 0 bridgehead atoms. The van der Waals surface area contributed by atoms with Gasteiger partial charge in [0.05, 0.1) is 11.8 Å². The first-order chi connectivity index (χ1) is 11.9. The van der Waals surface area contributed by atoms with Crippen LogP contribution >= 0.6 is 0 Å². The van der Waals surface area contributed by atoms with Gasteiger partial charge in [0.15, 0.2) is 6.61 Å². The average Bonchev–Trinajstić information content (AvgIpc) is 2.61. The summed E-state index contributed by atoms with van der Waals surface area (Å²) in [4.78, 5) is 35.9. The van der Waals surface area contributed by atoms with E-state index in [1.807, 2.05) is 48.5 Å². The van der Waals surface area contributed by atoms with Crippen LogP contribution in [0.4, 0.5) is 0 Å². The third-order valence-corrected chi connectivity index (χ3v) is 3.83. The van der Waals surface area contributed by atoms with Crippen molar-refractivity contribution in [2.45, 2.75) is 25.7 Å². The lowest BCUT2D eigenvalue weighted by Crippen LogP contribution is -2.38. The van der Waals surface area contributed by atoms with Gasteiger partial charge in [-0.3, -0.25) is 19.7 Å². The van der Waals surface area contributed by atoms with Crippen molar-refractivity contribution in [1.29, 1.82) is 0 Å². The Bertz CT molecular complexity index is 739. The van der Waals surface area contributed by atoms with Gasteiger partial charge in [-0.15, -0.1) is 0 Å². The molecule has 0 spiro atoms. The number of benzene rings is 2. The summed E-state index contributed by atoms with van der Waals surface area (Å²) >= 11 is 0. The molecule has 0 aliphatic carbocycles. The highest BCUT2D eigenvalue weighted by Crippen LogP contribution is 2.24. The molecule has 130 valence electrons. The van der Waals surface area contributed by atoms with E-state index in [1.165, 1.54) is 0 Å². The van der Waals surface area contributed by atoms with Crippen molar-refractivity contribution in [2.24, 2.45) is 0 Å². The molecule has 2 aromatic rings. The Morgan fingerprint density at radius 3 is 2.04 bits per heavy atom. The van der Waals surface area contributed by atoms with Crippen LogP contribution in [0.25, 0.3) is 0 Å². The number of hydrogen-bond acceptors (Lipinski definition) is 4. The topological polar surface area (TPSA) is 72.5 Å². The fraction of sp³-hybridized carbons (Fsp3) is 0.250. The summed E-state index contributed by atoms with van der Waals surface area (Å²) in [5.41, 5.74) is 0.714. The molecule has 0 radical (unpaired) electrons. The van der Waals surface area contributed by atoms with Crippen molar-refractivity contribution in [1.82, 2.24) is 5.32 Å². The summed E-state index contributed by atoms with van der Waals surface area (Å²) in [5, 5.41) is 2.22. The largest absolute Gasteiger partial charge is 0.455 e. The molecule has 0 aliphatic rings. The second kappa shape index (κ2) is 8.24. The highest BCUT2D eigenvalue weighted by Gasteiger charge is 2.31. The van der Waals surface area contributed by atoms with E-state index in [0.717, 1.165) is 11.1 Å². The SMILES string of the molecule is CC(C)(C(=O)OCC(=O)NC(=O)Cc1ccccc1)c1ccccc1. The minimum atomic E-state index is -0.879. The zero-order valence-electron chi connectivity index (χ0n) is 14.3. The van der Waals surface area contributed by atoms with Gasteiger partial charge in [-0.2, -0.15) is 0 Å². The minimum absolute atomic E-state index is 0.0933. The molecule has 0 saturated carbocycles. The van der Waals surface area contributed by atoms with Gasteiger partial charge in [0.25, 0.3) is 5.91 Å². The maximum Gasteiger partial charge on any atom is 0.316 e. The Labute approximate surface area is 147 Å². The molecule has 5 heteroatoms. The third-order valence-electron chi connectivity index (χ3n) is 3.83. The second-order valence-corrected chi connectivity index (χ2v) is 6.20. The van der Waals surface area contributed by atoms with E-state index in [4.69, 9.17) is 4.74 Å². The summed E-state index contributed by atoms with van der Waals surface area (Å²) in [6.45, 7) is 2.96. The molecule has 0 atom stereocenters. The lowest BCUT2D eigenvalue weighted by molar-refractivity contribution is -0.154. The van der Waals surface area contributed by atoms with Crippen LogP contribution in [0.15, 0.2) is 60.7 Å². The van der Waals surface area contributed by atoms with Gasteiger partial charge in [-0.25, -0.2) is 0 Å². The Morgan fingerprint density at radius 2 is 1.44 bits per heavy atom. The first-order valence-corrected chi connectivity index (χ1v) is 7.99. The van der Waals surface area contributed by atoms with Crippen molar-refractivity contribution in [3.63, 3.8) is 0 Å². The van der Waals surface area contributed by atoms with Gasteiger partial charge in [0, 0.05) is 0 Å². The number of nitrogens with one attached hydrogen (secondary N) is 1. The molecular weight excluding hydrogens is 318 g/mol. The smallest absolute Gasteiger partial charge is 0.316 e. The van der Waals surface area contributed by atoms with Crippen molar-refractivity contribution < 1.29 is 19.1 Å². The molecule has 25 heavy (non-hydrogen) atoms. The predicted molar refractivity (Wildman–Crippen MR) is 93.7 cm³/mol. The number of imide groups is 1. The Hall–Kier alpha value is -2.95. The van der Waals surface area contributed by atoms with Crippen LogP contribution in [0, 0.1) is 0 Å². The molecule has 1 N–H and O–H groups in total. The molecule has 2 rings (SSSR count). The molecule has 2 amide bonds. The van der Waals surface area contributed by atoms with Crippen LogP contribution in [0.2, 0.25) is 0 Å². The van der Waals surface area contributed by atoms with Crippen LogP contribution in [-0.2, 0) is 31.0 Å². The third kappa shape index (κ3) is 5.28. The summed E-state index contributed by atoms with van der Waals surface area (Å²) in [5.74, 6) is -1.60. The van der Waals surface area contributed by atoms with Crippen molar-refractivity contribution in [3.05, 3.63) is 71.8 Å².